The summed E-state index contributed by atoms with van der Waals surface area (Å²) in [5, 5.41) is 1.11. The molecular formula is C22H33N5OS. The van der Waals surface area contributed by atoms with E-state index in [0.29, 0.717) is 6.54 Å². The number of anilines is 1. The van der Waals surface area contributed by atoms with Gasteiger partial charge in [0, 0.05) is 25.0 Å². The Morgan fingerprint density at radius 3 is 2.52 bits per heavy atom. The number of likely N-dealkylation sites (N-methyl/N-ethyl adjacent to an activating group) is 1. The number of hydrogen-bond acceptors (Lipinski definition) is 6. The summed E-state index contributed by atoms with van der Waals surface area (Å²) in [6, 6.07) is 0. The maximum atomic E-state index is 12.7. The molecule has 2 aliphatic rings. The highest BCUT2D eigenvalue weighted by Gasteiger charge is 2.24. The highest BCUT2D eigenvalue weighted by Crippen LogP contribution is 2.35. The van der Waals surface area contributed by atoms with Crippen LogP contribution < -0.4 is 4.90 Å². The van der Waals surface area contributed by atoms with Crippen molar-refractivity contribution in [1.29, 1.82) is 0 Å². The van der Waals surface area contributed by atoms with Crippen LogP contribution in [0.25, 0.3) is 10.2 Å². The number of nitrogens with zero attached hydrogens (tertiary/aromatic N) is 5. The lowest BCUT2D eigenvalue weighted by Crippen LogP contribution is -2.38. The number of piperidine rings is 1. The molecule has 6 nitrogen and oxygen atoms in total. The monoisotopic (exact) mass is 415 g/mol. The minimum Gasteiger partial charge on any atom is -0.350 e. The first-order valence-electron chi connectivity index (χ1n) is 10.9. The van der Waals surface area contributed by atoms with Gasteiger partial charge in [0.1, 0.15) is 16.5 Å². The summed E-state index contributed by atoms with van der Waals surface area (Å²) in [4.78, 5) is 31.4. The molecule has 0 aromatic carbocycles. The predicted octanol–water partition coefficient (Wildman–Crippen LogP) is 3.60. The van der Waals surface area contributed by atoms with Crippen LogP contribution in [0.2, 0.25) is 0 Å². The molecule has 2 saturated heterocycles. The Morgan fingerprint density at radius 1 is 1.14 bits per heavy atom. The number of hydrogen-bond donors (Lipinski definition) is 0. The van der Waals surface area contributed by atoms with Crippen molar-refractivity contribution in [2.24, 2.45) is 5.92 Å². The van der Waals surface area contributed by atoms with E-state index in [9.17, 15) is 4.79 Å². The van der Waals surface area contributed by atoms with E-state index in [1.165, 1.54) is 23.3 Å². The van der Waals surface area contributed by atoms with Gasteiger partial charge in [0.05, 0.1) is 18.5 Å². The Hall–Kier alpha value is -1.73. The van der Waals surface area contributed by atoms with Crippen LogP contribution >= 0.6 is 11.3 Å². The molecule has 4 rings (SSSR count). The molecule has 0 atom stereocenters. The Morgan fingerprint density at radius 2 is 1.83 bits per heavy atom. The molecule has 0 N–H and O–H groups in total. The summed E-state index contributed by atoms with van der Waals surface area (Å²) in [7, 11) is 1.99. The minimum absolute atomic E-state index is 0.202. The van der Waals surface area contributed by atoms with Crippen molar-refractivity contribution >= 4 is 33.3 Å². The van der Waals surface area contributed by atoms with Crippen LogP contribution in [0.15, 0.2) is 0 Å². The van der Waals surface area contributed by atoms with Crippen molar-refractivity contribution in [3.63, 3.8) is 0 Å². The summed E-state index contributed by atoms with van der Waals surface area (Å²) >= 11 is 1.74. The third kappa shape index (κ3) is 4.40. The summed E-state index contributed by atoms with van der Waals surface area (Å²) in [5.74, 6) is 2.80. The molecule has 2 aromatic heterocycles. The fraction of sp³-hybridized carbons (Fsp3) is 0.682. The molecule has 2 aliphatic heterocycles. The van der Waals surface area contributed by atoms with Gasteiger partial charge in [0.25, 0.3) is 0 Å². The summed E-state index contributed by atoms with van der Waals surface area (Å²) in [5.41, 5.74) is 1.24. The summed E-state index contributed by atoms with van der Waals surface area (Å²) < 4.78 is 0. The van der Waals surface area contributed by atoms with Gasteiger partial charge >= 0.3 is 0 Å². The highest BCUT2D eigenvalue weighted by atomic mass is 32.1. The van der Waals surface area contributed by atoms with E-state index >= 15 is 0 Å². The fourth-order valence-corrected chi connectivity index (χ4v) is 5.43. The lowest BCUT2D eigenvalue weighted by atomic mass is 9.99. The van der Waals surface area contributed by atoms with E-state index in [1.807, 2.05) is 16.8 Å². The second-order valence-electron chi connectivity index (χ2n) is 8.83. The number of thiophene rings is 1. The summed E-state index contributed by atoms with van der Waals surface area (Å²) in [6.45, 7) is 11.8. The van der Waals surface area contributed by atoms with Crippen molar-refractivity contribution in [2.45, 2.75) is 53.0 Å². The molecule has 4 heterocycles. The average molecular weight is 416 g/mol. The average Bonchev–Trinajstić information content (AvgIpc) is 3.32. The number of carbonyl (C=O) groups excluding carboxylic acids is 1. The fourth-order valence-electron chi connectivity index (χ4n) is 4.38. The predicted molar refractivity (Wildman–Crippen MR) is 120 cm³/mol. The molecule has 0 saturated carbocycles. The lowest BCUT2D eigenvalue weighted by molar-refractivity contribution is -0.128. The Balaban J connectivity index is 1.60. The number of rotatable bonds is 5. The number of likely N-dealkylation sites (tertiary alicyclic amines) is 2. The normalized spacial score (nSPS) is 18.7. The van der Waals surface area contributed by atoms with Gasteiger partial charge < -0.3 is 9.80 Å². The number of aryl methyl sites for hydroxylation is 2. The molecule has 0 unspecified atom stereocenters. The zero-order chi connectivity index (χ0) is 20.5. The third-order valence-corrected chi connectivity index (χ3v) is 7.59. The van der Waals surface area contributed by atoms with Gasteiger partial charge in [-0.15, -0.1) is 11.3 Å². The van der Waals surface area contributed by atoms with Gasteiger partial charge in [0.2, 0.25) is 5.91 Å². The second kappa shape index (κ2) is 8.56. The van der Waals surface area contributed by atoms with Gasteiger partial charge in [0.15, 0.2) is 0 Å². The molecule has 2 fully saturated rings. The van der Waals surface area contributed by atoms with Crippen molar-refractivity contribution in [3.05, 3.63) is 16.3 Å². The molecular weight excluding hydrogens is 382 g/mol. The third-order valence-electron chi connectivity index (χ3n) is 6.49. The van der Waals surface area contributed by atoms with E-state index in [-0.39, 0.29) is 5.91 Å². The quantitative estimate of drug-likeness (QED) is 0.747. The van der Waals surface area contributed by atoms with E-state index in [2.05, 4.69) is 25.7 Å². The van der Waals surface area contributed by atoms with Crippen LogP contribution in [0.5, 0.6) is 0 Å². The zero-order valence-corrected chi connectivity index (χ0v) is 19.0. The molecule has 29 heavy (non-hydrogen) atoms. The Labute approximate surface area is 177 Å². The number of fused-ring (bicyclic) bond motifs is 1. The standard InChI is InChI=1S/C22H33N5OS/c1-15-7-11-26(12-8-15)13-18-23-21(20-16(2)17(3)29-22(20)24-18)25(4)14-19(28)27-9-5-6-10-27/h15H,5-14H2,1-4H3. The molecule has 0 radical (unpaired) electrons. The first-order chi connectivity index (χ1) is 13.9. The zero-order valence-electron chi connectivity index (χ0n) is 18.2. The van der Waals surface area contributed by atoms with Crippen LogP contribution in [-0.4, -0.2) is 65.4 Å². The van der Waals surface area contributed by atoms with E-state index in [0.717, 1.165) is 73.3 Å². The van der Waals surface area contributed by atoms with Crippen molar-refractivity contribution in [3.8, 4) is 0 Å². The molecule has 0 aliphatic carbocycles. The van der Waals surface area contributed by atoms with Crippen LogP contribution in [-0.2, 0) is 11.3 Å². The topological polar surface area (TPSA) is 52.6 Å². The summed E-state index contributed by atoms with van der Waals surface area (Å²) in [6.07, 6.45) is 4.73. The Bertz CT molecular complexity index is 881. The molecule has 2 aromatic rings. The molecule has 7 heteroatoms. The highest BCUT2D eigenvalue weighted by molar-refractivity contribution is 7.18. The molecule has 158 valence electrons. The largest absolute Gasteiger partial charge is 0.350 e. The van der Waals surface area contributed by atoms with Gasteiger partial charge in [-0.1, -0.05) is 6.92 Å². The smallest absolute Gasteiger partial charge is 0.242 e. The van der Waals surface area contributed by atoms with E-state index < -0.39 is 0 Å². The van der Waals surface area contributed by atoms with Gasteiger partial charge in [-0.2, -0.15) is 0 Å². The van der Waals surface area contributed by atoms with E-state index in [1.54, 1.807) is 11.3 Å². The lowest BCUT2D eigenvalue weighted by Gasteiger charge is -2.30. The first-order valence-corrected chi connectivity index (χ1v) is 11.7. The molecule has 0 spiro atoms. The second-order valence-corrected chi connectivity index (χ2v) is 10.0. The number of amides is 1. The van der Waals surface area contributed by atoms with Gasteiger partial charge in [-0.3, -0.25) is 9.69 Å². The van der Waals surface area contributed by atoms with Crippen molar-refractivity contribution < 1.29 is 4.79 Å². The Kier molecular flexibility index (Phi) is 6.06. The maximum absolute atomic E-state index is 12.7. The van der Waals surface area contributed by atoms with Crippen molar-refractivity contribution in [1.82, 2.24) is 19.8 Å². The van der Waals surface area contributed by atoms with Gasteiger partial charge in [-0.05, 0) is 64.1 Å². The molecule has 1 amide bonds. The van der Waals surface area contributed by atoms with E-state index in [4.69, 9.17) is 9.97 Å². The first kappa shape index (κ1) is 20.5. The van der Waals surface area contributed by atoms with Crippen LogP contribution in [0.3, 0.4) is 0 Å². The van der Waals surface area contributed by atoms with Crippen LogP contribution in [0.4, 0.5) is 5.82 Å². The SMILES string of the molecule is Cc1sc2nc(CN3CCC(C)CC3)nc(N(C)CC(=O)N3CCCC3)c2c1C. The van der Waals surface area contributed by atoms with Gasteiger partial charge in [-0.25, -0.2) is 9.97 Å². The maximum Gasteiger partial charge on any atom is 0.242 e. The number of aromatic nitrogens is 2. The van der Waals surface area contributed by atoms with Crippen LogP contribution in [0, 0.1) is 19.8 Å². The minimum atomic E-state index is 0.202. The van der Waals surface area contributed by atoms with Crippen LogP contribution in [0.1, 0.15) is 48.9 Å². The number of carbonyl (C=O) groups is 1. The molecule has 0 bridgehead atoms. The van der Waals surface area contributed by atoms with Crippen molar-refractivity contribution in [2.75, 3.05) is 44.7 Å².